The standard InChI is InChI=1S/C17H15FN4O3.C9H9N4.3C4H9.Sn/c1-20-16-12-4-2-9(6-13(12)21-17(19)22-16)11-5-3-10(18)7-14(11)25-8-15(23)24;1-11-8-6-4-2-3-5-7(6)12-9(10)13-8;3*1-3-4-2;/h2-7H,8H2,1H3,(H,23,24)(H3,19,20,21,22);2,4-5H,1H3,(H3,10,11,12,13);3*1,3-4H2,2H3;. The molecular formula is C38H51FN8O3Sn. The number of nitrogens with one attached hydrogen (secondary N) is 2. The van der Waals surface area contributed by atoms with Gasteiger partial charge in [0.05, 0.1) is 5.52 Å². The van der Waals surface area contributed by atoms with E-state index in [4.69, 9.17) is 21.3 Å². The van der Waals surface area contributed by atoms with E-state index in [0.29, 0.717) is 28.4 Å². The van der Waals surface area contributed by atoms with E-state index in [9.17, 15) is 9.18 Å². The van der Waals surface area contributed by atoms with Crippen LogP contribution >= 0.6 is 0 Å². The van der Waals surface area contributed by atoms with Gasteiger partial charge in [-0.1, -0.05) is 6.07 Å². The predicted molar refractivity (Wildman–Crippen MR) is 210 cm³/mol. The number of benzene rings is 3. The fraction of sp³-hybridized carbons (Fsp3) is 0.395. The van der Waals surface area contributed by atoms with Crippen LogP contribution in [0.2, 0.25) is 13.3 Å². The van der Waals surface area contributed by atoms with Crippen LogP contribution < -0.4 is 30.4 Å². The van der Waals surface area contributed by atoms with Gasteiger partial charge in [0.2, 0.25) is 5.95 Å². The Morgan fingerprint density at radius 1 is 0.765 bits per heavy atom. The Balaban J connectivity index is 0.000000229. The molecule has 272 valence electrons. The molecule has 2 heterocycles. The number of unbranched alkanes of at least 4 members (excludes halogenated alkanes) is 3. The normalized spacial score (nSPS) is 11.3. The Morgan fingerprint density at radius 2 is 1.29 bits per heavy atom. The predicted octanol–water partition coefficient (Wildman–Crippen LogP) is 7.83. The van der Waals surface area contributed by atoms with Gasteiger partial charge in [-0.05, 0) is 29.8 Å². The van der Waals surface area contributed by atoms with Gasteiger partial charge in [-0.25, -0.2) is 14.2 Å². The maximum atomic E-state index is 13.5. The minimum Gasteiger partial charge on any atom is -0.481 e. The number of ether oxygens (including phenoxy) is 1. The molecule has 0 radical (unpaired) electrons. The van der Waals surface area contributed by atoms with Crippen LogP contribution in [0.15, 0.2) is 54.6 Å². The van der Waals surface area contributed by atoms with E-state index in [1.807, 2.05) is 7.05 Å². The molecule has 2 aromatic heterocycles. The number of rotatable bonds is 16. The number of anilines is 4. The molecule has 7 N–H and O–H groups in total. The molecular weight excluding hydrogens is 754 g/mol. The molecule has 0 aliphatic rings. The van der Waals surface area contributed by atoms with Gasteiger partial charge >= 0.3 is 169 Å². The zero-order valence-corrected chi connectivity index (χ0v) is 33.2. The van der Waals surface area contributed by atoms with Crippen LogP contribution in [0.1, 0.15) is 59.3 Å². The van der Waals surface area contributed by atoms with E-state index in [2.05, 4.69) is 69.5 Å². The van der Waals surface area contributed by atoms with Gasteiger partial charge in [0, 0.05) is 24.1 Å². The fourth-order valence-electron chi connectivity index (χ4n) is 6.52. The summed E-state index contributed by atoms with van der Waals surface area (Å²) in [5, 5.41) is 16.7. The molecule has 0 atom stereocenters. The second kappa shape index (κ2) is 18.7. The van der Waals surface area contributed by atoms with Crippen LogP contribution in [0.3, 0.4) is 0 Å². The van der Waals surface area contributed by atoms with E-state index in [1.165, 1.54) is 64.0 Å². The summed E-state index contributed by atoms with van der Waals surface area (Å²) in [6, 6.07) is 16.3. The average Bonchev–Trinajstić information content (AvgIpc) is 3.12. The van der Waals surface area contributed by atoms with Crippen molar-refractivity contribution >= 4 is 73.3 Å². The van der Waals surface area contributed by atoms with E-state index < -0.39 is 36.8 Å². The van der Waals surface area contributed by atoms with Crippen molar-refractivity contribution in [3.8, 4) is 16.9 Å². The third-order valence-corrected chi connectivity index (χ3v) is 24.8. The Labute approximate surface area is 303 Å². The van der Waals surface area contributed by atoms with E-state index in [0.717, 1.165) is 28.2 Å². The van der Waals surface area contributed by atoms with E-state index in [1.54, 1.807) is 28.8 Å². The van der Waals surface area contributed by atoms with Crippen LogP contribution in [0.4, 0.5) is 27.9 Å². The number of nitrogens with two attached hydrogens (primary N) is 2. The van der Waals surface area contributed by atoms with Gasteiger partial charge in [0.15, 0.2) is 6.61 Å². The summed E-state index contributed by atoms with van der Waals surface area (Å²) in [5.74, 6) is 0.372. The number of fused-ring (bicyclic) bond motifs is 2. The van der Waals surface area contributed by atoms with Crippen LogP contribution in [-0.2, 0) is 4.79 Å². The summed E-state index contributed by atoms with van der Waals surface area (Å²) in [5.41, 5.74) is 14.5. The van der Waals surface area contributed by atoms with Crippen LogP contribution in [-0.4, -0.2) is 70.1 Å². The number of aromatic nitrogens is 4. The van der Waals surface area contributed by atoms with Crippen LogP contribution in [0, 0.1) is 5.82 Å². The molecule has 11 nitrogen and oxygen atoms in total. The molecule has 5 aromatic rings. The number of aliphatic carboxylic acids is 1. The van der Waals surface area contributed by atoms with Gasteiger partial charge in [-0.15, -0.1) is 0 Å². The smallest absolute Gasteiger partial charge is 0.341 e. The summed E-state index contributed by atoms with van der Waals surface area (Å²) in [6.07, 6.45) is 8.00. The van der Waals surface area contributed by atoms with Gasteiger partial charge in [-0.2, -0.15) is 4.98 Å². The molecule has 3 aromatic carbocycles. The van der Waals surface area contributed by atoms with Crippen molar-refractivity contribution in [1.82, 2.24) is 19.9 Å². The van der Waals surface area contributed by atoms with Gasteiger partial charge in [0.25, 0.3) is 0 Å². The van der Waals surface area contributed by atoms with Crippen molar-refractivity contribution in [2.24, 2.45) is 0 Å². The van der Waals surface area contributed by atoms with Crippen LogP contribution in [0.25, 0.3) is 32.9 Å². The van der Waals surface area contributed by atoms with Crippen LogP contribution in [0.5, 0.6) is 5.75 Å². The molecule has 51 heavy (non-hydrogen) atoms. The molecule has 0 spiro atoms. The zero-order chi connectivity index (χ0) is 37.0. The minimum absolute atomic E-state index is 0.121. The molecule has 5 rings (SSSR count). The first-order valence-electron chi connectivity index (χ1n) is 17.7. The van der Waals surface area contributed by atoms with Crippen molar-refractivity contribution in [3.63, 3.8) is 0 Å². The SMILES string of the molecule is CCC[CH2][Sn]([CH2]CCC)([CH2]CCC)[c]1ccc2c(NC)nc(N)nc2c1.CNc1nc(N)nc2cc(-c3ccc(F)cc3OCC(=O)O)ccc12. The number of hydrogen-bond acceptors (Lipinski definition) is 10. The van der Waals surface area contributed by atoms with E-state index in [-0.39, 0.29) is 11.7 Å². The second-order valence-corrected chi connectivity index (χ2v) is 26.0. The summed E-state index contributed by atoms with van der Waals surface area (Å²) >= 11 is -2.43. The van der Waals surface area contributed by atoms with Crippen molar-refractivity contribution in [1.29, 1.82) is 0 Å². The fourth-order valence-corrected chi connectivity index (χ4v) is 22.5. The molecule has 0 saturated carbocycles. The number of nitrogens with zero attached hydrogens (tertiary/aromatic N) is 4. The number of carbonyl (C=O) groups is 1. The first-order chi connectivity index (χ1) is 24.6. The van der Waals surface area contributed by atoms with Crippen molar-refractivity contribution in [2.75, 3.05) is 42.8 Å². The first-order valence-corrected chi connectivity index (χ1v) is 25.2. The van der Waals surface area contributed by atoms with Crippen molar-refractivity contribution < 1.29 is 19.0 Å². The van der Waals surface area contributed by atoms with Crippen molar-refractivity contribution in [2.45, 2.75) is 72.6 Å². The minimum atomic E-state index is -2.43. The Morgan fingerprint density at radius 3 is 1.80 bits per heavy atom. The number of carboxylic acids is 1. The Hall–Kier alpha value is -4.46. The first kappa shape index (κ1) is 39.3. The molecule has 0 saturated heterocycles. The van der Waals surface area contributed by atoms with E-state index >= 15 is 0 Å². The maximum Gasteiger partial charge on any atom is 0.341 e. The third kappa shape index (κ3) is 10.1. The summed E-state index contributed by atoms with van der Waals surface area (Å²) in [4.78, 5) is 28.0. The number of hydrogen-bond donors (Lipinski definition) is 5. The topological polar surface area (TPSA) is 174 Å². The van der Waals surface area contributed by atoms with Crippen molar-refractivity contribution in [3.05, 3.63) is 60.4 Å². The molecule has 0 amide bonds. The molecule has 0 unspecified atom stereocenters. The summed E-state index contributed by atoms with van der Waals surface area (Å²) in [6.45, 7) is 6.40. The number of carboxylic acid groups (broad SMARTS) is 1. The molecule has 0 aliphatic carbocycles. The van der Waals surface area contributed by atoms with Gasteiger partial charge in [0.1, 0.15) is 17.4 Å². The summed E-state index contributed by atoms with van der Waals surface area (Å²) < 4.78 is 24.8. The maximum absolute atomic E-state index is 13.5. The zero-order valence-electron chi connectivity index (χ0n) is 30.4. The third-order valence-electron chi connectivity index (χ3n) is 9.15. The monoisotopic (exact) mass is 806 g/mol. The Bertz CT molecular complexity index is 1920. The quantitative estimate of drug-likeness (QED) is 0.0615. The molecule has 0 aliphatic heterocycles. The molecule has 0 bridgehead atoms. The number of halogens is 1. The second-order valence-electron chi connectivity index (χ2n) is 12.7. The molecule has 13 heteroatoms. The number of nitrogen functional groups attached to an aromatic ring is 2. The summed E-state index contributed by atoms with van der Waals surface area (Å²) in [7, 11) is 3.62. The average molecular weight is 806 g/mol. The largest absolute Gasteiger partial charge is 0.481 e. The Kier molecular flexibility index (Phi) is 14.4. The van der Waals surface area contributed by atoms with Gasteiger partial charge in [-0.3, -0.25) is 0 Å². The molecule has 0 fully saturated rings. The van der Waals surface area contributed by atoms with Gasteiger partial charge < -0.3 is 20.9 Å².